The van der Waals surface area contributed by atoms with Gasteiger partial charge in [-0.05, 0) is 38.9 Å². The van der Waals surface area contributed by atoms with Gasteiger partial charge < -0.3 is 0 Å². The van der Waals surface area contributed by atoms with Gasteiger partial charge in [-0.2, -0.15) is 0 Å². The predicted molar refractivity (Wildman–Crippen MR) is 143 cm³/mol. The number of halogens is 1. The summed E-state index contributed by atoms with van der Waals surface area (Å²) in [4.78, 5) is 0. The molecule has 5 aromatic rings. The fourth-order valence-electron chi connectivity index (χ4n) is 4.87. The van der Waals surface area contributed by atoms with Crippen LogP contribution in [-0.4, -0.2) is 0 Å². The minimum Gasteiger partial charge on any atom is -0.0876 e. The van der Waals surface area contributed by atoms with E-state index in [-0.39, 0.29) is 0 Å². The number of hydrogen-bond donors (Lipinski definition) is 0. The van der Waals surface area contributed by atoms with Gasteiger partial charge in [-0.3, -0.25) is 0 Å². The Bertz CT molecular complexity index is 1210. The SMILES string of the molecule is BrCc1ccc(-c2ccccc2C(c2ccccc2)(c2ccccc2)c2ccccc2)cc1. The smallest absolute Gasteiger partial charge is 0.0707 e. The van der Waals surface area contributed by atoms with E-state index in [1.54, 1.807) is 0 Å². The average molecular weight is 489 g/mol. The van der Waals surface area contributed by atoms with Crippen molar-refractivity contribution in [3.63, 3.8) is 0 Å². The highest BCUT2D eigenvalue weighted by molar-refractivity contribution is 9.08. The fourth-order valence-corrected chi connectivity index (χ4v) is 5.24. The van der Waals surface area contributed by atoms with Crippen LogP contribution in [0.4, 0.5) is 0 Å². The molecular formula is C32H25Br. The lowest BCUT2D eigenvalue weighted by molar-refractivity contribution is 0.747. The van der Waals surface area contributed by atoms with E-state index in [9.17, 15) is 0 Å². The molecule has 0 aliphatic heterocycles. The molecule has 0 saturated carbocycles. The van der Waals surface area contributed by atoms with Crippen molar-refractivity contribution in [3.05, 3.63) is 167 Å². The Morgan fingerprint density at radius 2 is 0.879 bits per heavy atom. The van der Waals surface area contributed by atoms with Crippen LogP contribution in [0.25, 0.3) is 11.1 Å². The largest absolute Gasteiger partial charge is 0.0876 e. The lowest BCUT2D eigenvalue weighted by Crippen LogP contribution is -2.31. The van der Waals surface area contributed by atoms with Gasteiger partial charge in [0.05, 0.1) is 5.41 Å². The Labute approximate surface area is 204 Å². The van der Waals surface area contributed by atoms with Crippen molar-refractivity contribution in [3.8, 4) is 11.1 Å². The van der Waals surface area contributed by atoms with Crippen molar-refractivity contribution < 1.29 is 0 Å². The first-order valence-electron chi connectivity index (χ1n) is 11.3. The van der Waals surface area contributed by atoms with Crippen molar-refractivity contribution in [1.82, 2.24) is 0 Å². The molecule has 0 heterocycles. The first kappa shape index (κ1) is 21.4. The zero-order valence-electron chi connectivity index (χ0n) is 18.4. The summed E-state index contributed by atoms with van der Waals surface area (Å²) in [5.41, 5.74) is 8.34. The number of alkyl halides is 1. The van der Waals surface area contributed by atoms with Gasteiger partial charge in [0, 0.05) is 5.33 Å². The summed E-state index contributed by atoms with van der Waals surface area (Å²) in [6, 6.07) is 50.4. The Morgan fingerprint density at radius 3 is 1.33 bits per heavy atom. The summed E-state index contributed by atoms with van der Waals surface area (Å²) in [5, 5.41) is 0.858. The lowest BCUT2D eigenvalue weighted by Gasteiger charge is -2.38. The average Bonchev–Trinajstić information content (AvgIpc) is 2.91. The molecule has 0 radical (unpaired) electrons. The van der Waals surface area contributed by atoms with Gasteiger partial charge in [0.25, 0.3) is 0 Å². The third-order valence-electron chi connectivity index (χ3n) is 6.37. The van der Waals surface area contributed by atoms with Crippen LogP contribution in [0.5, 0.6) is 0 Å². The molecule has 5 aromatic carbocycles. The zero-order chi connectivity index (χ0) is 22.5. The molecule has 5 rings (SSSR count). The van der Waals surface area contributed by atoms with Gasteiger partial charge >= 0.3 is 0 Å². The predicted octanol–water partition coefficient (Wildman–Crippen LogP) is 8.63. The van der Waals surface area contributed by atoms with Crippen LogP contribution in [0.1, 0.15) is 27.8 Å². The van der Waals surface area contributed by atoms with Gasteiger partial charge in [-0.15, -0.1) is 0 Å². The summed E-state index contributed by atoms with van der Waals surface area (Å²) in [6.45, 7) is 0. The minimum atomic E-state index is -0.450. The second kappa shape index (κ2) is 9.60. The molecule has 0 amide bonds. The molecule has 0 unspecified atom stereocenters. The van der Waals surface area contributed by atoms with Crippen LogP contribution in [0.2, 0.25) is 0 Å². The highest BCUT2D eigenvalue weighted by atomic mass is 79.9. The standard InChI is InChI=1S/C32H25Br/c33-24-25-20-22-26(23-21-25)30-18-10-11-19-31(30)32(27-12-4-1-5-13-27,28-14-6-2-7-15-28)29-16-8-3-9-17-29/h1-23H,24H2. The molecule has 0 aromatic heterocycles. The van der Waals surface area contributed by atoms with E-state index in [2.05, 4.69) is 155 Å². The van der Waals surface area contributed by atoms with Gasteiger partial charge in [-0.25, -0.2) is 0 Å². The summed E-state index contributed by atoms with van der Waals surface area (Å²) in [5.74, 6) is 0. The van der Waals surface area contributed by atoms with E-state index in [1.807, 2.05) is 0 Å². The number of hydrogen-bond acceptors (Lipinski definition) is 0. The van der Waals surface area contributed by atoms with Crippen molar-refractivity contribution >= 4 is 15.9 Å². The maximum absolute atomic E-state index is 3.58. The molecule has 0 spiro atoms. The van der Waals surface area contributed by atoms with Gasteiger partial charge in [0.2, 0.25) is 0 Å². The number of rotatable bonds is 6. The molecule has 160 valence electrons. The van der Waals surface area contributed by atoms with Gasteiger partial charge in [-0.1, -0.05) is 155 Å². The molecule has 0 atom stereocenters. The Kier molecular flexibility index (Phi) is 6.24. The molecule has 0 saturated heterocycles. The first-order valence-corrected chi connectivity index (χ1v) is 12.4. The molecule has 0 fully saturated rings. The molecule has 0 N–H and O–H groups in total. The first-order chi connectivity index (χ1) is 16.3. The Morgan fingerprint density at radius 1 is 0.455 bits per heavy atom. The second-order valence-electron chi connectivity index (χ2n) is 8.22. The van der Waals surface area contributed by atoms with Crippen molar-refractivity contribution in [2.45, 2.75) is 10.7 Å². The normalized spacial score (nSPS) is 11.3. The van der Waals surface area contributed by atoms with Crippen LogP contribution in [0.15, 0.2) is 140 Å². The monoisotopic (exact) mass is 488 g/mol. The second-order valence-corrected chi connectivity index (χ2v) is 8.78. The van der Waals surface area contributed by atoms with Crippen LogP contribution in [0, 0.1) is 0 Å². The van der Waals surface area contributed by atoms with E-state index in [4.69, 9.17) is 0 Å². The van der Waals surface area contributed by atoms with Crippen molar-refractivity contribution in [2.75, 3.05) is 0 Å². The van der Waals surface area contributed by atoms with E-state index >= 15 is 0 Å². The molecular weight excluding hydrogens is 464 g/mol. The molecule has 0 aliphatic carbocycles. The van der Waals surface area contributed by atoms with E-state index in [0.717, 1.165) is 5.33 Å². The molecule has 1 heteroatoms. The Hall–Kier alpha value is -3.42. The molecule has 0 aliphatic rings. The summed E-state index contributed by atoms with van der Waals surface area (Å²) in [6.07, 6.45) is 0. The van der Waals surface area contributed by atoms with Gasteiger partial charge in [0.1, 0.15) is 0 Å². The third kappa shape index (κ3) is 3.94. The van der Waals surface area contributed by atoms with Crippen LogP contribution < -0.4 is 0 Å². The fraction of sp³-hybridized carbons (Fsp3) is 0.0625. The summed E-state index contributed by atoms with van der Waals surface area (Å²) in [7, 11) is 0. The van der Waals surface area contributed by atoms with E-state index < -0.39 is 5.41 Å². The van der Waals surface area contributed by atoms with E-state index in [0.29, 0.717) is 0 Å². The van der Waals surface area contributed by atoms with Gasteiger partial charge in [0.15, 0.2) is 0 Å². The molecule has 33 heavy (non-hydrogen) atoms. The highest BCUT2D eigenvalue weighted by Crippen LogP contribution is 2.48. The quantitative estimate of drug-likeness (QED) is 0.165. The van der Waals surface area contributed by atoms with E-state index in [1.165, 1.54) is 38.9 Å². The minimum absolute atomic E-state index is 0.450. The van der Waals surface area contributed by atoms with Crippen molar-refractivity contribution in [2.24, 2.45) is 0 Å². The topological polar surface area (TPSA) is 0 Å². The van der Waals surface area contributed by atoms with Crippen LogP contribution in [0.3, 0.4) is 0 Å². The summed E-state index contributed by atoms with van der Waals surface area (Å²) < 4.78 is 0. The Balaban J connectivity index is 1.89. The zero-order valence-corrected chi connectivity index (χ0v) is 20.0. The number of benzene rings is 5. The highest BCUT2D eigenvalue weighted by Gasteiger charge is 2.39. The molecule has 0 bridgehead atoms. The summed E-state index contributed by atoms with van der Waals surface area (Å²) >= 11 is 3.58. The lowest BCUT2D eigenvalue weighted by atomic mass is 9.63. The maximum atomic E-state index is 3.58. The van der Waals surface area contributed by atoms with Crippen LogP contribution >= 0.6 is 15.9 Å². The third-order valence-corrected chi connectivity index (χ3v) is 7.02. The maximum Gasteiger partial charge on any atom is 0.0707 e. The van der Waals surface area contributed by atoms with Crippen molar-refractivity contribution in [1.29, 1.82) is 0 Å². The molecule has 0 nitrogen and oxygen atoms in total. The van der Waals surface area contributed by atoms with Crippen LogP contribution in [-0.2, 0) is 10.7 Å².